The van der Waals surface area contributed by atoms with Gasteiger partial charge in [-0.15, -0.1) is 0 Å². The van der Waals surface area contributed by atoms with Gasteiger partial charge >= 0.3 is 0 Å². The number of aromatic amines is 1. The third kappa shape index (κ3) is 4.17. The van der Waals surface area contributed by atoms with Gasteiger partial charge in [0.25, 0.3) is 0 Å². The maximum Gasteiger partial charge on any atom is 0.233 e. The minimum Gasteiger partial charge on any atom is -0.343 e. The molecule has 2 aromatic carbocycles. The van der Waals surface area contributed by atoms with E-state index in [-0.39, 0.29) is 5.91 Å². The summed E-state index contributed by atoms with van der Waals surface area (Å²) in [6.07, 6.45) is 0. The van der Waals surface area contributed by atoms with Crippen molar-refractivity contribution in [3.05, 3.63) is 60.7 Å². The summed E-state index contributed by atoms with van der Waals surface area (Å²) in [6, 6.07) is 20.3. The number of hydrogen-bond acceptors (Lipinski definition) is 3. The van der Waals surface area contributed by atoms with Gasteiger partial charge in [-0.1, -0.05) is 72.4 Å². The first kappa shape index (κ1) is 18.3. The molecule has 1 heterocycles. The fraction of sp³-hybridized carbons (Fsp3) is 0.238. The van der Waals surface area contributed by atoms with Gasteiger partial charge in [-0.05, 0) is 13.8 Å². The normalized spacial score (nSPS) is 10.7. The fourth-order valence-corrected chi connectivity index (χ4v) is 3.61. The molecule has 134 valence electrons. The molecule has 5 heteroatoms. The molecule has 0 aliphatic carbocycles. The van der Waals surface area contributed by atoms with Crippen molar-refractivity contribution in [1.82, 2.24) is 14.9 Å². The Labute approximate surface area is 158 Å². The molecule has 4 nitrogen and oxygen atoms in total. The van der Waals surface area contributed by atoms with E-state index in [9.17, 15) is 4.79 Å². The van der Waals surface area contributed by atoms with E-state index in [4.69, 9.17) is 4.98 Å². The van der Waals surface area contributed by atoms with Gasteiger partial charge < -0.3 is 9.88 Å². The highest BCUT2D eigenvalue weighted by molar-refractivity contribution is 7.99. The van der Waals surface area contributed by atoms with Crippen molar-refractivity contribution in [2.45, 2.75) is 19.0 Å². The number of nitrogens with zero attached hydrogens (tertiary/aromatic N) is 2. The van der Waals surface area contributed by atoms with Crippen molar-refractivity contribution >= 4 is 17.7 Å². The summed E-state index contributed by atoms with van der Waals surface area (Å²) in [6.45, 7) is 5.47. The Morgan fingerprint density at radius 1 is 0.962 bits per heavy atom. The van der Waals surface area contributed by atoms with Gasteiger partial charge in [-0.2, -0.15) is 0 Å². The lowest BCUT2D eigenvalue weighted by molar-refractivity contribution is -0.127. The van der Waals surface area contributed by atoms with E-state index >= 15 is 0 Å². The van der Waals surface area contributed by atoms with Crippen LogP contribution in [-0.4, -0.2) is 39.6 Å². The molecule has 0 spiro atoms. The van der Waals surface area contributed by atoms with Crippen molar-refractivity contribution < 1.29 is 4.79 Å². The summed E-state index contributed by atoms with van der Waals surface area (Å²) in [5.41, 5.74) is 4.04. The van der Waals surface area contributed by atoms with Crippen LogP contribution in [0.1, 0.15) is 13.8 Å². The molecule has 0 radical (unpaired) electrons. The molecule has 0 unspecified atom stereocenters. The van der Waals surface area contributed by atoms with Crippen LogP contribution < -0.4 is 0 Å². The van der Waals surface area contributed by atoms with Gasteiger partial charge in [0.2, 0.25) is 5.91 Å². The van der Waals surface area contributed by atoms with E-state index in [0.29, 0.717) is 5.75 Å². The van der Waals surface area contributed by atoms with Crippen molar-refractivity contribution in [3.8, 4) is 22.5 Å². The molecule has 0 saturated carbocycles. The fourth-order valence-electron chi connectivity index (χ4n) is 2.84. The van der Waals surface area contributed by atoms with E-state index in [0.717, 1.165) is 40.8 Å². The minimum atomic E-state index is 0.138. The van der Waals surface area contributed by atoms with Crippen LogP contribution in [0.5, 0.6) is 0 Å². The number of carbonyl (C=O) groups excluding carboxylic acids is 1. The Hall–Kier alpha value is -2.53. The molecular weight excluding hydrogens is 342 g/mol. The van der Waals surface area contributed by atoms with E-state index in [1.807, 2.05) is 55.1 Å². The number of nitrogens with one attached hydrogen (secondary N) is 1. The van der Waals surface area contributed by atoms with Gasteiger partial charge in [0, 0.05) is 24.2 Å². The highest BCUT2D eigenvalue weighted by Crippen LogP contribution is 2.32. The summed E-state index contributed by atoms with van der Waals surface area (Å²) in [5.74, 6) is 0.524. The molecule has 0 atom stereocenters. The van der Waals surface area contributed by atoms with Crippen LogP contribution in [-0.2, 0) is 4.79 Å². The minimum absolute atomic E-state index is 0.138. The Balaban J connectivity index is 1.89. The number of imidazole rings is 1. The number of H-pyrrole nitrogens is 1. The molecule has 26 heavy (non-hydrogen) atoms. The first-order valence-electron chi connectivity index (χ1n) is 8.84. The zero-order chi connectivity index (χ0) is 18.4. The van der Waals surface area contributed by atoms with Crippen LogP contribution in [0.25, 0.3) is 22.5 Å². The van der Waals surface area contributed by atoms with Crippen LogP contribution in [0.4, 0.5) is 0 Å². The number of carbonyl (C=O) groups is 1. The Morgan fingerprint density at radius 2 is 1.54 bits per heavy atom. The van der Waals surface area contributed by atoms with Crippen molar-refractivity contribution in [2.75, 3.05) is 18.8 Å². The first-order chi connectivity index (χ1) is 12.7. The van der Waals surface area contributed by atoms with Crippen LogP contribution in [0, 0.1) is 0 Å². The Bertz CT molecular complexity index is 785. The zero-order valence-corrected chi connectivity index (χ0v) is 15.9. The summed E-state index contributed by atoms with van der Waals surface area (Å²) in [5, 5.41) is 0.767. The predicted octanol–water partition coefficient (Wildman–Crippen LogP) is 4.70. The lowest BCUT2D eigenvalue weighted by Crippen LogP contribution is -2.31. The molecule has 0 fully saturated rings. The van der Waals surface area contributed by atoms with Gasteiger partial charge in [-0.25, -0.2) is 4.98 Å². The summed E-state index contributed by atoms with van der Waals surface area (Å²) >= 11 is 1.45. The molecular formula is C21H23N3OS. The highest BCUT2D eigenvalue weighted by atomic mass is 32.2. The maximum atomic E-state index is 12.3. The monoisotopic (exact) mass is 365 g/mol. The van der Waals surface area contributed by atoms with Crippen LogP contribution >= 0.6 is 11.8 Å². The van der Waals surface area contributed by atoms with Gasteiger partial charge in [0.1, 0.15) is 0 Å². The van der Waals surface area contributed by atoms with E-state index < -0.39 is 0 Å². The summed E-state index contributed by atoms with van der Waals surface area (Å²) in [4.78, 5) is 22.3. The van der Waals surface area contributed by atoms with Crippen LogP contribution in [0.15, 0.2) is 65.8 Å². The number of hydrogen-bond donors (Lipinski definition) is 1. The third-order valence-electron chi connectivity index (χ3n) is 4.24. The molecule has 1 aromatic heterocycles. The second-order valence-electron chi connectivity index (χ2n) is 5.85. The van der Waals surface area contributed by atoms with E-state index in [1.54, 1.807) is 0 Å². The quantitative estimate of drug-likeness (QED) is 0.617. The molecule has 1 amide bonds. The molecule has 3 aromatic rings. The lowest BCUT2D eigenvalue weighted by atomic mass is 10.1. The maximum absolute atomic E-state index is 12.3. The largest absolute Gasteiger partial charge is 0.343 e. The number of thioether (sulfide) groups is 1. The predicted molar refractivity (Wildman–Crippen MR) is 108 cm³/mol. The lowest BCUT2D eigenvalue weighted by Gasteiger charge is -2.17. The summed E-state index contributed by atoms with van der Waals surface area (Å²) in [7, 11) is 0. The second-order valence-corrected chi connectivity index (χ2v) is 6.82. The third-order valence-corrected chi connectivity index (χ3v) is 5.10. The molecule has 3 rings (SSSR count). The highest BCUT2D eigenvalue weighted by Gasteiger charge is 2.16. The second kappa shape index (κ2) is 8.72. The van der Waals surface area contributed by atoms with E-state index in [2.05, 4.69) is 29.2 Å². The van der Waals surface area contributed by atoms with Crippen LogP contribution in [0.3, 0.4) is 0 Å². The SMILES string of the molecule is CCN(CC)C(=O)CSc1nc(-c2ccccc2)c(-c2ccccc2)[nH]1. The average molecular weight is 366 g/mol. The van der Waals surface area contributed by atoms with Crippen molar-refractivity contribution in [2.24, 2.45) is 0 Å². The molecule has 1 N–H and O–H groups in total. The smallest absolute Gasteiger partial charge is 0.233 e. The van der Waals surface area contributed by atoms with Crippen molar-refractivity contribution in [3.63, 3.8) is 0 Å². The van der Waals surface area contributed by atoms with E-state index in [1.165, 1.54) is 11.8 Å². The van der Waals surface area contributed by atoms with Crippen LogP contribution in [0.2, 0.25) is 0 Å². The van der Waals surface area contributed by atoms with Gasteiger partial charge in [0.05, 0.1) is 17.1 Å². The van der Waals surface area contributed by atoms with Crippen molar-refractivity contribution in [1.29, 1.82) is 0 Å². The first-order valence-corrected chi connectivity index (χ1v) is 9.82. The number of aromatic nitrogens is 2. The molecule has 0 aliphatic heterocycles. The molecule has 0 saturated heterocycles. The standard InChI is InChI=1S/C21H23N3OS/c1-3-24(4-2)18(25)15-26-21-22-19(16-11-7-5-8-12-16)20(23-21)17-13-9-6-10-14-17/h5-14H,3-4,15H2,1-2H3,(H,22,23). The molecule has 0 aliphatic rings. The summed E-state index contributed by atoms with van der Waals surface area (Å²) < 4.78 is 0. The number of rotatable bonds is 7. The molecule has 0 bridgehead atoms. The van der Waals surface area contributed by atoms with Gasteiger partial charge in [-0.3, -0.25) is 4.79 Å². The van der Waals surface area contributed by atoms with Gasteiger partial charge in [0.15, 0.2) is 5.16 Å². The Morgan fingerprint density at radius 3 is 2.12 bits per heavy atom. The average Bonchev–Trinajstić information content (AvgIpc) is 3.13. The Kier molecular flexibility index (Phi) is 6.12. The zero-order valence-electron chi connectivity index (χ0n) is 15.1. The topological polar surface area (TPSA) is 49.0 Å². The number of amides is 1. The number of benzene rings is 2.